The van der Waals surface area contributed by atoms with Crippen LogP contribution in [0.15, 0.2) is 48.5 Å². The molecule has 0 saturated carbocycles. The van der Waals surface area contributed by atoms with Crippen LogP contribution in [-0.4, -0.2) is 30.1 Å². The van der Waals surface area contributed by atoms with Crippen molar-refractivity contribution in [1.82, 2.24) is 10.6 Å². The number of rotatable bonds is 9. The second-order valence-electron chi connectivity index (χ2n) is 5.50. The summed E-state index contributed by atoms with van der Waals surface area (Å²) in [6.07, 6.45) is 0. The first-order chi connectivity index (χ1) is 12.1. The number of amides is 1. The zero-order chi connectivity index (χ0) is 18.1. The van der Waals surface area contributed by atoms with Crippen LogP contribution >= 0.6 is 0 Å². The maximum Gasteiger partial charge on any atom is 0.335 e. The van der Waals surface area contributed by atoms with Crippen molar-refractivity contribution in [3.8, 4) is 5.75 Å². The van der Waals surface area contributed by atoms with Gasteiger partial charge in [0.25, 0.3) is 5.91 Å². The number of aromatic carboxylic acids is 1. The number of hydrogen-bond donors (Lipinski definition) is 3. The van der Waals surface area contributed by atoms with Gasteiger partial charge in [0, 0.05) is 19.6 Å². The summed E-state index contributed by atoms with van der Waals surface area (Å²) >= 11 is 0. The fourth-order valence-electron chi connectivity index (χ4n) is 2.31. The molecule has 2 aromatic rings. The van der Waals surface area contributed by atoms with Gasteiger partial charge < -0.3 is 20.5 Å². The Bertz CT molecular complexity index is 731. The standard InChI is InChI=1S/C19H22N2O4/c1-2-21-18(22)13-25-17-8-4-6-15(10-17)12-20-11-14-5-3-7-16(9-14)19(23)24/h3-10,20H,2,11-13H2,1H3,(H,21,22)(H,23,24). The first-order valence-corrected chi connectivity index (χ1v) is 8.10. The third-order valence-corrected chi connectivity index (χ3v) is 3.47. The molecule has 0 spiro atoms. The van der Waals surface area contributed by atoms with Gasteiger partial charge in [-0.15, -0.1) is 0 Å². The lowest BCUT2D eigenvalue weighted by molar-refractivity contribution is -0.122. The van der Waals surface area contributed by atoms with E-state index in [0.717, 1.165) is 11.1 Å². The van der Waals surface area contributed by atoms with Crippen LogP contribution in [0.4, 0.5) is 0 Å². The second kappa shape index (κ2) is 9.44. The molecule has 0 bridgehead atoms. The quantitative estimate of drug-likeness (QED) is 0.650. The summed E-state index contributed by atoms with van der Waals surface area (Å²) in [6.45, 7) is 3.60. The zero-order valence-corrected chi connectivity index (χ0v) is 14.1. The highest BCUT2D eigenvalue weighted by Gasteiger charge is 2.04. The fraction of sp³-hybridized carbons (Fsp3) is 0.263. The van der Waals surface area contributed by atoms with Crippen LogP contribution in [0, 0.1) is 0 Å². The Labute approximate surface area is 146 Å². The summed E-state index contributed by atoms with van der Waals surface area (Å²) in [7, 11) is 0. The molecule has 0 aliphatic carbocycles. The number of nitrogens with one attached hydrogen (secondary N) is 2. The molecule has 132 valence electrons. The van der Waals surface area contributed by atoms with Gasteiger partial charge in [-0.2, -0.15) is 0 Å². The molecule has 0 saturated heterocycles. The van der Waals surface area contributed by atoms with Crippen LogP contribution in [-0.2, 0) is 17.9 Å². The molecule has 6 heteroatoms. The number of carboxylic acids is 1. The largest absolute Gasteiger partial charge is 0.484 e. The summed E-state index contributed by atoms with van der Waals surface area (Å²) in [5.41, 5.74) is 2.20. The molecule has 2 aromatic carbocycles. The number of benzene rings is 2. The van der Waals surface area contributed by atoms with E-state index in [1.165, 1.54) is 0 Å². The van der Waals surface area contributed by atoms with Crippen LogP contribution < -0.4 is 15.4 Å². The Morgan fingerprint density at radius 3 is 2.40 bits per heavy atom. The smallest absolute Gasteiger partial charge is 0.335 e. The topological polar surface area (TPSA) is 87.7 Å². The second-order valence-corrected chi connectivity index (χ2v) is 5.50. The fourth-order valence-corrected chi connectivity index (χ4v) is 2.31. The maximum absolute atomic E-state index is 11.4. The highest BCUT2D eigenvalue weighted by molar-refractivity contribution is 5.87. The predicted molar refractivity (Wildman–Crippen MR) is 94.6 cm³/mol. The molecule has 0 heterocycles. The molecular formula is C19H22N2O4. The molecule has 6 nitrogen and oxygen atoms in total. The highest BCUT2D eigenvalue weighted by Crippen LogP contribution is 2.13. The van der Waals surface area contributed by atoms with E-state index < -0.39 is 5.97 Å². The SMILES string of the molecule is CCNC(=O)COc1cccc(CNCc2cccc(C(=O)O)c2)c1. The van der Waals surface area contributed by atoms with E-state index in [1.807, 2.05) is 31.2 Å². The molecule has 0 unspecified atom stereocenters. The number of carbonyl (C=O) groups excluding carboxylic acids is 1. The molecule has 25 heavy (non-hydrogen) atoms. The average molecular weight is 342 g/mol. The summed E-state index contributed by atoms with van der Waals surface area (Å²) in [5.74, 6) is -0.443. The number of carbonyl (C=O) groups is 2. The van der Waals surface area contributed by atoms with E-state index in [0.29, 0.717) is 25.4 Å². The number of ether oxygens (including phenoxy) is 1. The van der Waals surface area contributed by atoms with Gasteiger partial charge in [0.15, 0.2) is 6.61 Å². The van der Waals surface area contributed by atoms with Gasteiger partial charge in [0.1, 0.15) is 5.75 Å². The third kappa shape index (κ3) is 6.27. The molecule has 0 aliphatic rings. The van der Waals surface area contributed by atoms with Crippen molar-refractivity contribution in [2.75, 3.05) is 13.2 Å². The van der Waals surface area contributed by atoms with Crippen molar-refractivity contribution in [2.24, 2.45) is 0 Å². The molecule has 3 N–H and O–H groups in total. The molecule has 0 radical (unpaired) electrons. The molecule has 0 aliphatic heterocycles. The van der Waals surface area contributed by atoms with E-state index in [-0.39, 0.29) is 18.1 Å². The normalized spacial score (nSPS) is 10.3. The Morgan fingerprint density at radius 1 is 1.04 bits per heavy atom. The van der Waals surface area contributed by atoms with Gasteiger partial charge in [-0.25, -0.2) is 4.79 Å². The summed E-state index contributed by atoms with van der Waals surface area (Å²) in [6, 6.07) is 14.3. The van der Waals surface area contributed by atoms with Gasteiger partial charge in [-0.05, 0) is 42.3 Å². The van der Waals surface area contributed by atoms with E-state index >= 15 is 0 Å². The van der Waals surface area contributed by atoms with Crippen molar-refractivity contribution in [2.45, 2.75) is 20.0 Å². The first kappa shape index (κ1) is 18.5. The van der Waals surface area contributed by atoms with Crippen molar-refractivity contribution in [3.05, 3.63) is 65.2 Å². The van der Waals surface area contributed by atoms with Gasteiger partial charge in [-0.1, -0.05) is 24.3 Å². The van der Waals surface area contributed by atoms with Gasteiger partial charge in [0.05, 0.1) is 5.56 Å². The van der Waals surface area contributed by atoms with Crippen LogP contribution in [0.25, 0.3) is 0 Å². The Hall–Kier alpha value is -2.86. The van der Waals surface area contributed by atoms with E-state index in [4.69, 9.17) is 9.84 Å². The van der Waals surface area contributed by atoms with E-state index in [1.54, 1.807) is 24.3 Å². The minimum absolute atomic E-state index is 0.00724. The Balaban J connectivity index is 1.84. The molecule has 0 fully saturated rings. The van der Waals surface area contributed by atoms with E-state index in [9.17, 15) is 9.59 Å². The third-order valence-electron chi connectivity index (χ3n) is 3.47. The predicted octanol–water partition coefficient (Wildman–Crippen LogP) is 2.19. The van der Waals surface area contributed by atoms with Crippen LogP contribution in [0.5, 0.6) is 5.75 Å². The van der Waals surface area contributed by atoms with Crippen LogP contribution in [0.2, 0.25) is 0 Å². The average Bonchev–Trinajstić information content (AvgIpc) is 2.61. The lowest BCUT2D eigenvalue weighted by atomic mass is 10.1. The minimum Gasteiger partial charge on any atom is -0.484 e. The summed E-state index contributed by atoms with van der Waals surface area (Å²) < 4.78 is 5.46. The number of hydrogen-bond acceptors (Lipinski definition) is 4. The van der Waals surface area contributed by atoms with Gasteiger partial charge >= 0.3 is 5.97 Å². The molecule has 1 amide bonds. The zero-order valence-electron chi connectivity index (χ0n) is 14.1. The van der Waals surface area contributed by atoms with Gasteiger partial charge in [-0.3, -0.25) is 4.79 Å². The molecule has 2 rings (SSSR count). The first-order valence-electron chi connectivity index (χ1n) is 8.10. The number of carboxylic acid groups (broad SMARTS) is 1. The summed E-state index contributed by atoms with van der Waals surface area (Å²) in [4.78, 5) is 22.4. The van der Waals surface area contributed by atoms with Crippen molar-refractivity contribution in [1.29, 1.82) is 0 Å². The highest BCUT2D eigenvalue weighted by atomic mass is 16.5. The maximum atomic E-state index is 11.4. The monoisotopic (exact) mass is 342 g/mol. The number of likely N-dealkylation sites (N-methyl/N-ethyl adjacent to an activating group) is 1. The molecule has 0 aromatic heterocycles. The summed E-state index contributed by atoms with van der Waals surface area (Å²) in [5, 5.41) is 14.9. The lowest BCUT2D eigenvalue weighted by Crippen LogP contribution is -2.28. The van der Waals surface area contributed by atoms with Crippen LogP contribution in [0.1, 0.15) is 28.4 Å². The van der Waals surface area contributed by atoms with Gasteiger partial charge in [0.2, 0.25) is 0 Å². The molecular weight excluding hydrogens is 320 g/mol. The van der Waals surface area contributed by atoms with Crippen molar-refractivity contribution >= 4 is 11.9 Å². The van der Waals surface area contributed by atoms with E-state index in [2.05, 4.69) is 10.6 Å². The van der Waals surface area contributed by atoms with Crippen molar-refractivity contribution in [3.63, 3.8) is 0 Å². The van der Waals surface area contributed by atoms with Crippen LogP contribution in [0.3, 0.4) is 0 Å². The molecule has 0 atom stereocenters. The lowest BCUT2D eigenvalue weighted by Gasteiger charge is -2.09. The van der Waals surface area contributed by atoms with Crippen molar-refractivity contribution < 1.29 is 19.4 Å². The Morgan fingerprint density at radius 2 is 1.72 bits per heavy atom. The Kier molecular flexibility index (Phi) is 6.98. The minimum atomic E-state index is -0.932.